The molecule has 2 fully saturated rings. The van der Waals surface area contributed by atoms with Gasteiger partial charge in [0.15, 0.2) is 0 Å². The van der Waals surface area contributed by atoms with Gasteiger partial charge in [-0.15, -0.1) is 0 Å². The van der Waals surface area contributed by atoms with Gasteiger partial charge in [-0.2, -0.15) is 0 Å². The number of piperidine rings is 1. The molecule has 5 nitrogen and oxygen atoms in total. The number of pyridine rings is 1. The molecule has 1 aromatic carbocycles. The Kier molecular flexibility index (Phi) is 2.82. The number of fused-ring (bicyclic) bond motifs is 2. The molecule has 2 aliphatic rings. The fourth-order valence-electron chi connectivity index (χ4n) is 3.45. The average Bonchev–Trinajstić information content (AvgIpc) is 2.92. The van der Waals surface area contributed by atoms with Crippen molar-refractivity contribution in [3.05, 3.63) is 40.7 Å². The molecule has 0 saturated carbocycles. The molecule has 2 atom stereocenters. The third-order valence-electron chi connectivity index (χ3n) is 4.59. The number of aromatic nitrogens is 1. The number of ketones is 1. The number of benzene rings is 1. The van der Waals surface area contributed by atoms with E-state index in [2.05, 4.69) is 21.3 Å². The fraction of sp³-hybridized carbons (Fsp3) is 0.375. The third kappa shape index (κ3) is 2.14. The van der Waals surface area contributed by atoms with Gasteiger partial charge in [-0.3, -0.25) is 9.59 Å². The van der Waals surface area contributed by atoms with Crippen LogP contribution < -0.4 is 15.8 Å². The Morgan fingerprint density at radius 3 is 2.81 bits per heavy atom. The Morgan fingerprint density at radius 2 is 1.95 bits per heavy atom. The molecule has 2 unspecified atom stereocenters. The van der Waals surface area contributed by atoms with Crippen molar-refractivity contribution in [2.45, 2.75) is 12.5 Å². The minimum absolute atomic E-state index is 0.0911. The molecule has 4 rings (SSSR count). The number of aromatic amines is 1. The summed E-state index contributed by atoms with van der Waals surface area (Å²) < 4.78 is 0. The van der Waals surface area contributed by atoms with E-state index in [0.717, 1.165) is 36.2 Å². The molecule has 2 N–H and O–H groups in total. The van der Waals surface area contributed by atoms with Gasteiger partial charge in [0.1, 0.15) is 5.78 Å². The van der Waals surface area contributed by atoms with E-state index in [9.17, 15) is 9.59 Å². The van der Waals surface area contributed by atoms with Crippen LogP contribution in [0.25, 0.3) is 10.9 Å². The maximum atomic E-state index is 12.0. The van der Waals surface area contributed by atoms with Gasteiger partial charge in [-0.25, -0.2) is 0 Å². The standard InChI is InChI=1S/C16H17N3O2/c20-15-5-6-17-14-9-19(8-12(14)15)11-3-1-10-2-4-16(21)18-13(10)7-11/h1-4,7,12,14,17H,5-6,8-9H2,(H,18,21). The predicted octanol–water partition coefficient (Wildman–Crippen LogP) is 0.895. The van der Waals surface area contributed by atoms with E-state index >= 15 is 0 Å². The van der Waals surface area contributed by atoms with E-state index in [0.29, 0.717) is 12.2 Å². The van der Waals surface area contributed by atoms with Crippen LogP contribution in [0.1, 0.15) is 6.42 Å². The summed E-state index contributed by atoms with van der Waals surface area (Å²) in [6.07, 6.45) is 0.639. The summed E-state index contributed by atoms with van der Waals surface area (Å²) in [6, 6.07) is 9.69. The van der Waals surface area contributed by atoms with Gasteiger partial charge < -0.3 is 15.2 Å². The number of nitrogens with one attached hydrogen (secondary N) is 2. The highest BCUT2D eigenvalue weighted by molar-refractivity contribution is 5.85. The summed E-state index contributed by atoms with van der Waals surface area (Å²) >= 11 is 0. The van der Waals surface area contributed by atoms with Crippen molar-refractivity contribution in [1.29, 1.82) is 0 Å². The molecule has 5 heteroatoms. The molecule has 0 aliphatic carbocycles. The summed E-state index contributed by atoms with van der Waals surface area (Å²) in [5.41, 5.74) is 1.81. The molecule has 0 radical (unpaired) electrons. The third-order valence-corrected chi connectivity index (χ3v) is 4.59. The summed E-state index contributed by atoms with van der Waals surface area (Å²) in [5.74, 6) is 0.472. The Hall–Kier alpha value is -2.14. The molecule has 108 valence electrons. The first-order valence-corrected chi connectivity index (χ1v) is 7.35. The summed E-state index contributed by atoms with van der Waals surface area (Å²) in [6.45, 7) is 2.40. The lowest BCUT2D eigenvalue weighted by atomic mass is 9.93. The lowest BCUT2D eigenvalue weighted by Crippen LogP contribution is -2.45. The zero-order valence-electron chi connectivity index (χ0n) is 11.6. The van der Waals surface area contributed by atoms with Crippen LogP contribution in [0.2, 0.25) is 0 Å². The molecule has 2 aromatic rings. The zero-order valence-corrected chi connectivity index (χ0v) is 11.6. The van der Waals surface area contributed by atoms with Gasteiger partial charge in [-0.1, -0.05) is 6.07 Å². The van der Waals surface area contributed by atoms with Crippen LogP contribution in [0, 0.1) is 5.92 Å². The highest BCUT2D eigenvalue weighted by Gasteiger charge is 2.39. The highest BCUT2D eigenvalue weighted by atomic mass is 16.1. The number of anilines is 1. The number of Topliss-reactive ketones (excluding diaryl/α,β-unsaturated/α-hetero) is 1. The minimum Gasteiger partial charge on any atom is -0.369 e. The van der Waals surface area contributed by atoms with Crippen molar-refractivity contribution in [2.75, 3.05) is 24.5 Å². The van der Waals surface area contributed by atoms with Crippen LogP contribution in [-0.2, 0) is 4.79 Å². The molecule has 1 aromatic heterocycles. The van der Waals surface area contributed by atoms with Crippen molar-refractivity contribution in [1.82, 2.24) is 10.3 Å². The number of carbonyl (C=O) groups is 1. The van der Waals surface area contributed by atoms with E-state index in [-0.39, 0.29) is 17.5 Å². The maximum Gasteiger partial charge on any atom is 0.248 e. The average molecular weight is 283 g/mol. The maximum absolute atomic E-state index is 12.0. The molecule has 3 heterocycles. The van der Waals surface area contributed by atoms with Crippen molar-refractivity contribution >= 4 is 22.4 Å². The van der Waals surface area contributed by atoms with Gasteiger partial charge in [0, 0.05) is 43.9 Å². The normalized spacial score (nSPS) is 25.3. The summed E-state index contributed by atoms with van der Waals surface area (Å²) in [4.78, 5) is 28.5. The summed E-state index contributed by atoms with van der Waals surface area (Å²) in [5, 5.41) is 4.45. The first kappa shape index (κ1) is 12.6. The monoisotopic (exact) mass is 283 g/mol. The molecule has 0 amide bonds. The minimum atomic E-state index is -0.0911. The summed E-state index contributed by atoms with van der Waals surface area (Å²) in [7, 11) is 0. The van der Waals surface area contributed by atoms with Crippen LogP contribution in [-0.4, -0.2) is 36.4 Å². The van der Waals surface area contributed by atoms with Crippen LogP contribution >= 0.6 is 0 Å². The number of carbonyl (C=O) groups excluding carboxylic acids is 1. The molecular weight excluding hydrogens is 266 g/mol. The van der Waals surface area contributed by atoms with Gasteiger partial charge in [0.2, 0.25) is 5.56 Å². The lowest BCUT2D eigenvalue weighted by molar-refractivity contribution is -0.124. The van der Waals surface area contributed by atoms with Crippen molar-refractivity contribution in [2.24, 2.45) is 5.92 Å². The number of hydrogen-bond donors (Lipinski definition) is 2. The molecule has 0 spiro atoms. The number of nitrogens with zero attached hydrogens (tertiary/aromatic N) is 1. The van der Waals surface area contributed by atoms with E-state index in [1.165, 1.54) is 6.07 Å². The van der Waals surface area contributed by atoms with E-state index in [4.69, 9.17) is 0 Å². The fourth-order valence-corrected chi connectivity index (χ4v) is 3.45. The largest absolute Gasteiger partial charge is 0.369 e. The van der Waals surface area contributed by atoms with Gasteiger partial charge >= 0.3 is 0 Å². The number of hydrogen-bond acceptors (Lipinski definition) is 4. The van der Waals surface area contributed by atoms with Crippen molar-refractivity contribution in [3.8, 4) is 0 Å². The van der Waals surface area contributed by atoms with Gasteiger partial charge in [-0.05, 0) is 23.6 Å². The smallest absolute Gasteiger partial charge is 0.248 e. The quantitative estimate of drug-likeness (QED) is 0.816. The second-order valence-corrected chi connectivity index (χ2v) is 5.88. The van der Waals surface area contributed by atoms with Gasteiger partial charge in [0.25, 0.3) is 0 Å². The van der Waals surface area contributed by atoms with Crippen LogP contribution in [0.15, 0.2) is 35.1 Å². The molecule has 21 heavy (non-hydrogen) atoms. The first-order chi connectivity index (χ1) is 10.2. The molecule has 2 aliphatic heterocycles. The second-order valence-electron chi connectivity index (χ2n) is 5.88. The van der Waals surface area contributed by atoms with Crippen LogP contribution in [0.4, 0.5) is 5.69 Å². The molecule has 0 bridgehead atoms. The predicted molar refractivity (Wildman–Crippen MR) is 81.7 cm³/mol. The van der Waals surface area contributed by atoms with E-state index in [1.807, 2.05) is 18.2 Å². The SMILES string of the molecule is O=C1CCNC2CN(c3ccc4ccc(=O)[nH]c4c3)CC12. The van der Waals surface area contributed by atoms with E-state index < -0.39 is 0 Å². The first-order valence-electron chi connectivity index (χ1n) is 7.35. The highest BCUT2D eigenvalue weighted by Crippen LogP contribution is 2.28. The zero-order chi connectivity index (χ0) is 14.4. The van der Waals surface area contributed by atoms with Gasteiger partial charge in [0.05, 0.1) is 11.4 Å². The topological polar surface area (TPSA) is 65.2 Å². The number of H-pyrrole nitrogens is 1. The Bertz CT molecular complexity index is 767. The Labute approximate surface area is 122 Å². The Balaban J connectivity index is 1.67. The van der Waals surface area contributed by atoms with Crippen LogP contribution in [0.5, 0.6) is 0 Å². The molecule has 2 saturated heterocycles. The van der Waals surface area contributed by atoms with Crippen molar-refractivity contribution in [3.63, 3.8) is 0 Å². The second kappa shape index (κ2) is 4.70. The van der Waals surface area contributed by atoms with E-state index in [1.54, 1.807) is 0 Å². The van der Waals surface area contributed by atoms with Crippen LogP contribution in [0.3, 0.4) is 0 Å². The van der Waals surface area contributed by atoms with Crippen molar-refractivity contribution < 1.29 is 4.79 Å². The number of rotatable bonds is 1. The lowest BCUT2D eigenvalue weighted by Gasteiger charge is -2.23. The molecular formula is C16H17N3O2. The Morgan fingerprint density at radius 1 is 1.10 bits per heavy atom.